The van der Waals surface area contributed by atoms with E-state index in [0.29, 0.717) is 25.5 Å². The normalized spacial score (nSPS) is 11.3. The van der Waals surface area contributed by atoms with E-state index in [4.69, 9.17) is 4.74 Å². The first-order chi connectivity index (χ1) is 10.1. The molecule has 0 fully saturated rings. The van der Waals surface area contributed by atoms with E-state index in [1.165, 1.54) is 0 Å². The molecular weight excluding hydrogens is 266 g/mol. The zero-order valence-electron chi connectivity index (χ0n) is 13.1. The number of hydrogen-bond acceptors (Lipinski definition) is 3. The number of carbonyl (C=O) groups excluding carboxylic acids is 1. The summed E-state index contributed by atoms with van der Waals surface area (Å²) in [4.78, 5) is 15.9. The molecular formula is C16H25N3O2. The van der Waals surface area contributed by atoms with Gasteiger partial charge in [0.1, 0.15) is 0 Å². The van der Waals surface area contributed by atoms with E-state index in [2.05, 4.69) is 15.6 Å². The minimum atomic E-state index is -0.198. The molecule has 0 amide bonds. The fourth-order valence-electron chi connectivity index (χ4n) is 1.70. The number of carbonyl (C=O) groups is 1. The molecule has 0 spiro atoms. The highest BCUT2D eigenvalue weighted by Gasteiger charge is 2.05. The van der Waals surface area contributed by atoms with Gasteiger partial charge in [-0.1, -0.05) is 30.3 Å². The summed E-state index contributed by atoms with van der Waals surface area (Å²) in [5, 5.41) is 6.29. The maximum Gasteiger partial charge on any atom is 0.307 e. The van der Waals surface area contributed by atoms with Crippen LogP contribution in [0.15, 0.2) is 35.3 Å². The maximum atomic E-state index is 11.4. The quantitative estimate of drug-likeness (QED) is 0.459. The first-order valence-corrected chi connectivity index (χ1v) is 7.37. The van der Waals surface area contributed by atoms with Crippen molar-refractivity contribution in [2.75, 3.05) is 13.1 Å². The molecule has 0 heterocycles. The van der Waals surface area contributed by atoms with Crippen LogP contribution in [0.25, 0.3) is 0 Å². The Hall–Kier alpha value is -2.04. The van der Waals surface area contributed by atoms with Crippen LogP contribution >= 0.6 is 0 Å². The Labute approximate surface area is 126 Å². The Morgan fingerprint density at radius 3 is 2.57 bits per heavy atom. The van der Waals surface area contributed by atoms with E-state index >= 15 is 0 Å². The molecule has 0 atom stereocenters. The fraction of sp³-hybridized carbons (Fsp3) is 0.500. The molecule has 0 aliphatic rings. The van der Waals surface area contributed by atoms with Gasteiger partial charge in [-0.05, 0) is 26.3 Å². The van der Waals surface area contributed by atoms with Gasteiger partial charge in [0.2, 0.25) is 0 Å². The predicted molar refractivity (Wildman–Crippen MR) is 85.1 cm³/mol. The zero-order valence-corrected chi connectivity index (χ0v) is 13.1. The Kier molecular flexibility index (Phi) is 7.94. The lowest BCUT2D eigenvalue weighted by atomic mass is 10.2. The van der Waals surface area contributed by atoms with Crippen LogP contribution in [0.1, 0.15) is 32.8 Å². The van der Waals surface area contributed by atoms with Gasteiger partial charge in [0, 0.05) is 13.1 Å². The topological polar surface area (TPSA) is 62.7 Å². The summed E-state index contributed by atoms with van der Waals surface area (Å²) in [7, 11) is 0. The van der Waals surface area contributed by atoms with Crippen LogP contribution in [-0.2, 0) is 16.1 Å². The molecule has 2 N–H and O–H groups in total. The second kappa shape index (κ2) is 9.80. The number of rotatable bonds is 7. The van der Waals surface area contributed by atoms with E-state index in [9.17, 15) is 4.79 Å². The van der Waals surface area contributed by atoms with Crippen LogP contribution in [0.3, 0.4) is 0 Å². The van der Waals surface area contributed by atoms with Gasteiger partial charge in [-0.3, -0.25) is 4.79 Å². The Balaban J connectivity index is 2.40. The van der Waals surface area contributed by atoms with Crippen molar-refractivity contribution in [1.82, 2.24) is 10.6 Å². The van der Waals surface area contributed by atoms with Crippen LogP contribution in [0.2, 0.25) is 0 Å². The second-order valence-corrected chi connectivity index (χ2v) is 4.90. The predicted octanol–water partition coefficient (Wildman–Crippen LogP) is 2.08. The number of nitrogens with zero attached hydrogens (tertiary/aromatic N) is 1. The molecule has 5 heteroatoms. The third-order valence-electron chi connectivity index (χ3n) is 2.60. The average Bonchev–Trinajstić information content (AvgIpc) is 2.45. The molecule has 0 bridgehead atoms. The second-order valence-electron chi connectivity index (χ2n) is 4.90. The van der Waals surface area contributed by atoms with Crippen LogP contribution in [0, 0.1) is 0 Å². The highest BCUT2D eigenvalue weighted by Crippen LogP contribution is 1.99. The monoisotopic (exact) mass is 291 g/mol. The molecule has 0 aromatic heterocycles. The van der Waals surface area contributed by atoms with E-state index < -0.39 is 0 Å². The summed E-state index contributed by atoms with van der Waals surface area (Å²) in [6.07, 6.45) is 0.256. The molecule has 21 heavy (non-hydrogen) atoms. The SMILES string of the molecule is CCNC(=NCc1ccccc1)NCCC(=O)OC(C)C. The summed E-state index contributed by atoms with van der Waals surface area (Å²) in [6.45, 7) is 7.58. The largest absolute Gasteiger partial charge is 0.463 e. The number of ether oxygens (including phenoxy) is 1. The van der Waals surface area contributed by atoms with Gasteiger partial charge in [-0.15, -0.1) is 0 Å². The van der Waals surface area contributed by atoms with Crippen LogP contribution in [0.5, 0.6) is 0 Å². The smallest absolute Gasteiger partial charge is 0.307 e. The third-order valence-corrected chi connectivity index (χ3v) is 2.60. The van der Waals surface area contributed by atoms with E-state index in [1.54, 1.807) is 0 Å². The molecule has 1 aromatic carbocycles. The molecule has 1 aromatic rings. The minimum absolute atomic E-state index is 0.0718. The van der Waals surface area contributed by atoms with Gasteiger partial charge in [-0.2, -0.15) is 0 Å². The first-order valence-electron chi connectivity index (χ1n) is 7.37. The molecule has 1 rings (SSSR count). The van der Waals surface area contributed by atoms with Gasteiger partial charge >= 0.3 is 5.97 Å². The van der Waals surface area contributed by atoms with Gasteiger partial charge in [0.25, 0.3) is 0 Å². The molecule has 0 aliphatic carbocycles. The van der Waals surface area contributed by atoms with Crippen molar-refractivity contribution in [1.29, 1.82) is 0 Å². The van der Waals surface area contributed by atoms with Crippen molar-refractivity contribution < 1.29 is 9.53 Å². The van der Waals surface area contributed by atoms with Crippen LogP contribution < -0.4 is 10.6 Å². The van der Waals surface area contributed by atoms with Crippen molar-refractivity contribution in [3.63, 3.8) is 0 Å². The van der Waals surface area contributed by atoms with Gasteiger partial charge in [-0.25, -0.2) is 4.99 Å². The molecule has 0 saturated carbocycles. The van der Waals surface area contributed by atoms with E-state index in [-0.39, 0.29) is 12.1 Å². The average molecular weight is 291 g/mol. The lowest BCUT2D eigenvalue weighted by Crippen LogP contribution is -2.38. The fourth-order valence-corrected chi connectivity index (χ4v) is 1.70. The van der Waals surface area contributed by atoms with Crippen molar-refractivity contribution in [2.24, 2.45) is 4.99 Å². The number of benzene rings is 1. The van der Waals surface area contributed by atoms with Gasteiger partial charge < -0.3 is 15.4 Å². The highest BCUT2D eigenvalue weighted by molar-refractivity contribution is 5.80. The number of hydrogen-bond donors (Lipinski definition) is 2. The van der Waals surface area contributed by atoms with Crippen molar-refractivity contribution in [3.05, 3.63) is 35.9 Å². The zero-order chi connectivity index (χ0) is 15.5. The lowest BCUT2D eigenvalue weighted by Gasteiger charge is -2.12. The minimum Gasteiger partial charge on any atom is -0.463 e. The van der Waals surface area contributed by atoms with Crippen molar-refractivity contribution >= 4 is 11.9 Å². The summed E-state index contributed by atoms with van der Waals surface area (Å²) in [5.41, 5.74) is 1.15. The maximum absolute atomic E-state index is 11.4. The summed E-state index contributed by atoms with van der Waals surface area (Å²) < 4.78 is 5.08. The van der Waals surface area contributed by atoms with E-state index in [1.807, 2.05) is 51.1 Å². The lowest BCUT2D eigenvalue weighted by molar-refractivity contribution is -0.147. The number of aliphatic imine (C=N–C) groups is 1. The highest BCUT2D eigenvalue weighted by atomic mass is 16.5. The summed E-state index contributed by atoms with van der Waals surface area (Å²) >= 11 is 0. The molecule has 0 radical (unpaired) electrons. The Bertz CT molecular complexity index is 444. The standard InChI is InChI=1S/C16H25N3O2/c1-4-17-16(18-11-10-15(20)21-13(2)3)19-12-14-8-6-5-7-9-14/h5-9,13H,4,10-12H2,1-3H3,(H2,17,18,19). The Morgan fingerprint density at radius 2 is 1.95 bits per heavy atom. The Morgan fingerprint density at radius 1 is 1.24 bits per heavy atom. The van der Waals surface area contributed by atoms with Crippen LogP contribution in [-0.4, -0.2) is 31.1 Å². The van der Waals surface area contributed by atoms with Gasteiger partial charge in [0.05, 0.1) is 19.1 Å². The van der Waals surface area contributed by atoms with Crippen molar-refractivity contribution in [3.8, 4) is 0 Å². The van der Waals surface area contributed by atoms with Crippen LogP contribution in [0.4, 0.5) is 0 Å². The number of esters is 1. The van der Waals surface area contributed by atoms with Crippen molar-refractivity contribution in [2.45, 2.75) is 39.8 Å². The number of guanidine groups is 1. The number of nitrogens with one attached hydrogen (secondary N) is 2. The molecule has 0 aliphatic heterocycles. The summed E-state index contributed by atoms with van der Waals surface area (Å²) in [5.74, 6) is 0.509. The summed E-state index contributed by atoms with van der Waals surface area (Å²) in [6, 6.07) is 10.0. The first kappa shape index (κ1) is 17.0. The third kappa shape index (κ3) is 7.97. The molecule has 116 valence electrons. The molecule has 5 nitrogen and oxygen atoms in total. The molecule has 0 saturated heterocycles. The van der Waals surface area contributed by atoms with Gasteiger partial charge in [0.15, 0.2) is 5.96 Å². The molecule has 0 unspecified atom stereocenters. The van der Waals surface area contributed by atoms with E-state index in [0.717, 1.165) is 12.1 Å².